The molecule has 0 radical (unpaired) electrons. The minimum Gasteiger partial charge on any atom is -0.462 e. The molecule has 13 heavy (non-hydrogen) atoms. The monoisotopic (exact) mass is 182 g/mol. The molecule has 1 aromatic rings. The summed E-state index contributed by atoms with van der Waals surface area (Å²) in [6.07, 6.45) is 0. The van der Waals surface area contributed by atoms with Crippen molar-refractivity contribution in [1.82, 2.24) is 4.98 Å². The van der Waals surface area contributed by atoms with Gasteiger partial charge in [0.25, 0.3) is 0 Å². The lowest BCUT2D eigenvalue weighted by atomic mass is 10.1. The van der Waals surface area contributed by atoms with E-state index in [0.29, 0.717) is 18.0 Å². The maximum atomic E-state index is 11.4. The number of nitrogen functional groups attached to an aromatic ring is 1. The molecule has 0 fully saturated rings. The molecule has 4 nitrogen and oxygen atoms in total. The molecule has 4 heteroatoms. The van der Waals surface area contributed by atoms with Gasteiger partial charge in [0.05, 0.1) is 12.2 Å². The molecule has 0 aliphatic rings. The summed E-state index contributed by atoms with van der Waals surface area (Å²) >= 11 is 0. The smallest absolute Gasteiger partial charge is 0.340 e. The topological polar surface area (TPSA) is 68.1 Å². The van der Waals surface area contributed by atoms with Gasteiger partial charge in [0.1, 0.15) is 5.82 Å². The molecule has 1 heterocycles. The summed E-state index contributed by atoms with van der Waals surface area (Å²) in [5.74, 6) is 0.214. The maximum absolute atomic E-state index is 11.4. The van der Waals surface area contributed by atoms with E-state index in [1.54, 1.807) is 20.8 Å². The zero-order valence-corrected chi connectivity index (χ0v) is 8.10. The Morgan fingerprint density at radius 1 is 1.54 bits per heavy atom. The number of hydrogen-bond acceptors (Lipinski definition) is 3. The van der Waals surface area contributed by atoms with Gasteiger partial charge < -0.3 is 15.5 Å². The fourth-order valence-electron chi connectivity index (χ4n) is 1.28. The minimum atomic E-state index is -0.314. The van der Waals surface area contributed by atoms with Crippen molar-refractivity contribution in [3.05, 3.63) is 16.8 Å². The Bertz CT molecular complexity index is 329. The van der Waals surface area contributed by atoms with Gasteiger partial charge in [-0.05, 0) is 20.8 Å². The van der Waals surface area contributed by atoms with Gasteiger partial charge in [0, 0.05) is 11.3 Å². The molecule has 0 unspecified atom stereocenters. The summed E-state index contributed by atoms with van der Waals surface area (Å²) < 4.78 is 4.89. The van der Waals surface area contributed by atoms with Crippen molar-refractivity contribution in [1.29, 1.82) is 0 Å². The van der Waals surface area contributed by atoms with E-state index in [1.165, 1.54) is 0 Å². The highest BCUT2D eigenvalue weighted by Gasteiger charge is 2.17. The largest absolute Gasteiger partial charge is 0.462 e. The van der Waals surface area contributed by atoms with Gasteiger partial charge in [-0.1, -0.05) is 0 Å². The van der Waals surface area contributed by atoms with Gasteiger partial charge in [0.15, 0.2) is 0 Å². The molecule has 3 N–H and O–H groups in total. The van der Waals surface area contributed by atoms with Crippen molar-refractivity contribution in [2.45, 2.75) is 20.8 Å². The van der Waals surface area contributed by atoms with E-state index in [9.17, 15) is 4.79 Å². The fraction of sp³-hybridized carbons (Fsp3) is 0.444. The van der Waals surface area contributed by atoms with Crippen LogP contribution >= 0.6 is 0 Å². The zero-order chi connectivity index (χ0) is 10.0. The highest BCUT2D eigenvalue weighted by molar-refractivity contribution is 5.94. The number of anilines is 1. The molecule has 0 spiro atoms. The highest BCUT2D eigenvalue weighted by Crippen LogP contribution is 2.19. The van der Waals surface area contributed by atoms with Gasteiger partial charge in [0.2, 0.25) is 0 Å². The average Bonchev–Trinajstić information content (AvgIpc) is 2.27. The van der Waals surface area contributed by atoms with E-state index < -0.39 is 0 Å². The molecule has 0 saturated carbocycles. The SMILES string of the molecule is CCOC(=O)c1c(C)[nH]c(N)c1C. The molecule has 1 aromatic heterocycles. The van der Waals surface area contributed by atoms with Crippen LogP contribution in [0.1, 0.15) is 28.5 Å². The first-order valence-corrected chi connectivity index (χ1v) is 4.19. The van der Waals surface area contributed by atoms with Crippen molar-refractivity contribution in [2.24, 2.45) is 0 Å². The third-order valence-electron chi connectivity index (χ3n) is 1.96. The third kappa shape index (κ3) is 1.66. The van der Waals surface area contributed by atoms with Crippen molar-refractivity contribution in [2.75, 3.05) is 12.3 Å². The number of H-pyrrole nitrogens is 1. The quantitative estimate of drug-likeness (QED) is 0.679. The first kappa shape index (κ1) is 9.64. The van der Waals surface area contributed by atoms with Crippen molar-refractivity contribution >= 4 is 11.8 Å². The number of carbonyl (C=O) groups is 1. The van der Waals surface area contributed by atoms with Crippen LogP contribution < -0.4 is 5.73 Å². The Balaban J connectivity index is 3.06. The molecular formula is C9H14N2O2. The van der Waals surface area contributed by atoms with Crippen LogP contribution in [-0.4, -0.2) is 17.6 Å². The number of carbonyl (C=O) groups excluding carboxylic acids is 1. The van der Waals surface area contributed by atoms with Gasteiger partial charge in [-0.25, -0.2) is 4.79 Å². The lowest BCUT2D eigenvalue weighted by Gasteiger charge is -2.01. The number of hydrogen-bond donors (Lipinski definition) is 2. The average molecular weight is 182 g/mol. The van der Waals surface area contributed by atoms with Gasteiger partial charge >= 0.3 is 5.97 Å². The second kappa shape index (κ2) is 3.51. The molecule has 0 saturated heterocycles. The summed E-state index contributed by atoms with van der Waals surface area (Å²) in [4.78, 5) is 14.3. The lowest BCUT2D eigenvalue weighted by molar-refractivity contribution is 0.0525. The normalized spacial score (nSPS) is 10.1. The molecular weight excluding hydrogens is 168 g/mol. The van der Waals surface area contributed by atoms with Crippen LogP contribution in [0.2, 0.25) is 0 Å². The maximum Gasteiger partial charge on any atom is 0.340 e. The van der Waals surface area contributed by atoms with E-state index >= 15 is 0 Å². The highest BCUT2D eigenvalue weighted by atomic mass is 16.5. The second-order valence-corrected chi connectivity index (χ2v) is 2.88. The number of esters is 1. The van der Waals surface area contributed by atoms with Crippen LogP contribution in [0, 0.1) is 13.8 Å². The van der Waals surface area contributed by atoms with Gasteiger partial charge in [-0.15, -0.1) is 0 Å². The Hall–Kier alpha value is -1.45. The standard InChI is InChI=1S/C9H14N2O2/c1-4-13-9(12)7-5(2)8(10)11-6(7)3/h11H,4,10H2,1-3H3. The summed E-state index contributed by atoms with van der Waals surface area (Å²) in [6.45, 7) is 5.75. The lowest BCUT2D eigenvalue weighted by Crippen LogP contribution is -2.06. The van der Waals surface area contributed by atoms with Crippen LogP contribution in [0.15, 0.2) is 0 Å². The molecule has 0 bridgehead atoms. The number of aromatic nitrogens is 1. The van der Waals surface area contributed by atoms with Crippen LogP contribution in [-0.2, 0) is 4.74 Å². The van der Waals surface area contributed by atoms with Gasteiger partial charge in [-0.2, -0.15) is 0 Å². The number of rotatable bonds is 2. The minimum absolute atomic E-state index is 0.314. The predicted molar refractivity (Wildman–Crippen MR) is 50.6 cm³/mol. The van der Waals surface area contributed by atoms with E-state index in [1.807, 2.05) is 0 Å². The van der Waals surface area contributed by atoms with E-state index in [-0.39, 0.29) is 5.97 Å². The Morgan fingerprint density at radius 3 is 2.54 bits per heavy atom. The van der Waals surface area contributed by atoms with E-state index in [2.05, 4.69) is 4.98 Å². The first-order chi connectivity index (χ1) is 6.07. The van der Waals surface area contributed by atoms with Crippen LogP contribution in [0.5, 0.6) is 0 Å². The number of nitrogens with two attached hydrogens (primary N) is 1. The molecule has 0 amide bonds. The number of aryl methyl sites for hydroxylation is 1. The predicted octanol–water partition coefficient (Wildman–Crippen LogP) is 1.39. The first-order valence-electron chi connectivity index (χ1n) is 4.19. The van der Waals surface area contributed by atoms with Crippen molar-refractivity contribution in [3.63, 3.8) is 0 Å². The number of nitrogens with one attached hydrogen (secondary N) is 1. The van der Waals surface area contributed by atoms with Crippen molar-refractivity contribution in [3.8, 4) is 0 Å². The van der Waals surface area contributed by atoms with Crippen molar-refractivity contribution < 1.29 is 9.53 Å². The fourth-order valence-corrected chi connectivity index (χ4v) is 1.28. The Labute approximate surface area is 77.1 Å². The Morgan fingerprint density at radius 2 is 2.15 bits per heavy atom. The molecule has 0 aliphatic carbocycles. The molecule has 0 aromatic carbocycles. The molecule has 0 atom stereocenters. The van der Waals surface area contributed by atoms with Crippen LogP contribution in [0.25, 0.3) is 0 Å². The van der Waals surface area contributed by atoms with E-state index in [4.69, 9.17) is 10.5 Å². The molecule has 1 rings (SSSR count). The summed E-state index contributed by atoms with van der Waals surface area (Å²) in [6, 6.07) is 0. The number of aromatic amines is 1. The number of ether oxygens (including phenoxy) is 1. The summed E-state index contributed by atoms with van der Waals surface area (Å²) in [7, 11) is 0. The van der Waals surface area contributed by atoms with E-state index in [0.717, 1.165) is 11.3 Å². The summed E-state index contributed by atoms with van der Waals surface area (Å²) in [5, 5.41) is 0. The third-order valence-corrected chi connectivity index (χ3v) is 1.96. The van der Waals surface area contributed by atoms with Crippen LogP contribution in [0.3, 0.4) is 0 Å². The van der Waals surface area contributed by atoms with Crippen LogP contribution in [0.4, 0.5) is 5.82 Å². The Kier molecular flexibility index (Phi) is 2.60. The zero-order valence-electron chi connectivity index (χ0n) is 8.10. The molecule has 72 valence electrons. The van der Waals surface area contributed by atoms with Gasteiger partial charge in [-0.3, -0.25) is 0 Å². The molecule has 0 aliphatic heterocycles. The second-order valence-electron chi connectivity index (χ2n) is 2.88. The summed E-state index contributed by atoms with van der Waals surface area (Å²) in [5.41, 5.74) is 7.69.